The zero-order valence-electron chi connectivity index (χ0n) is 13.3. The summed E-state index contributed by atoms with van der Waals surface area (Å²) in [5, 5.41) is 0. The number of hydrogen-bond acceptors (Lipinski definition) is 5. The van der Waals surface area contributed by atoms with E-state index in [-0.39, 0.29) is 5.56 Å². The van der Waals surface area contributed by atoms with Gasteiger partial charge in [0, 0.05) is 5.56 Å². The average Bonchev–Trinajstić information content (AvgIpc) is 2.57. The molecule has 2 rings (SSSR count). The Kier molecular flexibility index (Phi) is 4.14. The first kappa shape index (κ1) is 17.0. The third-order valence-corrected chi connectivity index (χ3v) is 4.51. The van der Waals surface area contributed by atoms with Gasteiger partial charge >= 0.3 is 7.12 Å². The maximum Gasteiger partial charge on any atom is 0.494 e. The molecule has 6 nitrogen and oxygen atoms in total. The highest BCUT2D eigenvalue weighted by Gasteiger charge is 2.51. The van der Waals surface area contributed by atoms with Crippen molar-refractivity contribution in [3.05, 3.63) is 29.8 Å². The average molecular weight is 325 g/mol. The molecule has 0 unspecified atom stereocenters. The van der Waals surface area contributed by atoms with Crippen molar-refractivity contribution in [2.75, 3.05) is 6.26 Å². The zero-order valence-corrected chi connectivity index (χ0v) is 14.2. The summed E-state index contributed by atoms with van der Waals surface area (Å²) in [4.78, 5) is 11.9. The molecule has 0 saturated carbocycles. The van der Waals surface area contributed by atoms with Gasteiger partial charge in [-0.15, -0.1) is 0 Å². The van der Waals surface area contributed by atoms with Gasteiger partial charge in [0.25, 0.3) is 5.91 Å². The molecule has 1 aliphatic rings. The fourth-order valence-electron chi connectivity index (χ4n) is 2.03. The molecular formula is C14H20BNO5S. The highest BCUT2D eigenvalue weighted by Crippen LogP contribution is 2.36. The standard InChI is InChI=1S/C14H20BNO5S/c1-13(2)14(3,4)21-15(20-13)11-8-6-7-10(9-11)12(17)16-22(5,18)19/h6-9H,1-5H3,(H,16,17). The number of carbonyl (C=O) groups is 1. The smallest absolute Gasteiger partial charge is 0.399 e. The van der Waals surface area contributed by atoms with Gasteiger partial charge in [-0.3, -0.25) is 4.79 Å². The second-order valence-electron chi connectivity index (χ2n) is 6.42. The lowest BCUT2D eigenvalue weighted by Gasteiger charge is -2.32. The Morgan fingerprint density at radius 3 is 2.18 bits per heavy atom. The van der Waals surface area contributed by atoms with Crippen LogP contribution in [0.4, 0.5) is 0 Å². The summed E-state index contributed by atoms with van der Waals surface area (Å²) in [5.74, 6) is -0.680. The van der Waals surface area contributed by atoms with Crippen LogP contribution in [-0.4, -0.2) is 38.9 Å². The summed E-state index contributed by atoms with van der Waals surface area (Å²) >= 11 is 0. The summed E-state index contributed by atoms with van der Waals surface area (Å²) in [6, 6.07) is 6.55. The fourth-order valence-corrected chi connectivity index (χ4v) is 2.49. The van der Waals surface area contributed by atoms with Crippen LogP contribution in [0.2, 0.25) is 0 Å². The lowest BCUT2D eigenvalue weighted by Crippen LogP contribution is -2.41. The van der Waals surface area contributed by atoms with Crippen molar-refractivity contribution in [2.24, 2.45) is 0 Å². The van der Waals surface area contributed by atoms with E-state index in [1.807, 2.05) is 32.4 Å². The largest absolute Gasteiger partial charge is 0.494 e. The molecule has 1 aliphatic heterocycles. The van der Waals surface area contributed by atoms with Gasteiger partial charge in [0.05, 0.1) is 17.5 Å². The molecule has 1 saturated heterocycles. The minimum absolute atomic E-state index is 0.234. The van der Waals surface area contributed by atoms with Crippen LogP contribution >= 0.6 is 0 Å². The van der Waals surface area contributed by atoms with Crippen molar-refractivity contribution < 1.29 is 22.5 Å². The van der Waals surface area contributed by atoms with Gasteiger partial charge in [-0.05, 0) is 45.3 Å². The van der Waals surface area contributed by atoms with E-state index in [4.69, 9.17) is 9.31 Å². The van der Waals surface area contributed by atoms with E-state index in [0.717, 1.165) is 6.26 Å². The Bertz CT molecular complexity index is 683. The second-order valence-corrected chi connectivity index (χ2v) is 8.17. The van der Waals surface area contributed by atoms with Crippen LogP contribution in [0.1, 0.15) is 38.1 Å². The number of sulfonamides is 1. The molecule has 0 aliphatic carbocycles. The molecular weight excluding hydrogens is 305 g/mol. The van der Waals surface area contributed by atoms with Crippen LogP contribution in [0.3, 0.4) is 0 Å². The van der Waals surface area contributed by atoms with E-state index >= 15 is 0 Å². The molecule has 0 bridgehead atoms. The van der Waals surface area contributed by atoms with E-state index in [0.29, 0.717) is 5.46 Å². The monoisotopic (exact) mass is 325 g/mol. The van der Waals surface area contributed by atoms with Crippen LogP contribution in [-0.2, 0) is 19.3 Å². The van der Waals surface area contributed by atoms with Gasteiger partial charge in [0.1, 0.15) is 0 Å². The highest BCUT2D eigenvalue weighted by atomic mass is 32.2. The van der Waals surface area contributed by atoms with E-state index in [1.165, 1.54) is 6.07 Å². The number of nitrogens with one attached hydrogen (secondary N) is 1. The van der Waals surface area contributed by atoms with Crippen molar-refractivity contribution in [1.82, 2.24) is 4.72 Å². The normalized spacial score (nSPS) is 20.0. The van der Waals surface area contributed by atoms with Crippen LogP contribution in [0.15, 0.2) is 24.3 Å². The zero-order chi connectivity index (χ0) is 16.8. The topological polar surface area (TPSA) is 81.7 Å². The van der Waals surface area contributed by atoms with Crippen LogP contribution < -0.4 is 10.2 Å². The first-order valence-corrected chi connectivity index (χ1v) is 8.78. The van der Waals surface area contributed by atoms with Crippen molar-refractivity contribution in [1.29, 1.82) is 0 Å². The van der Waals surface area contributed by atoms with Crippen LogP contribution in [0.5, 0.6) is 0 Å². The van der Waals surface area contributed by atoms with Gasteiger partial charge in [-0.25, -0.2) is 13.1 Å². The molecule has 0 aromatic heterocycles. The number of rotatable bonds is 3. The van der Waals surface area contributed by atoms with Crippen molar-refractivity contribution >= 4 is 28.5 Å². The molecule has 22 heavy (non-hydrogen) atoms. The van der Waals surface area contributed by atoms with Crippen molar-refractivity contribution in [2.45, 2.75) is 38.9 Å². The van der Waals surface area contributed by atoms with E-state index in [1.54, 1.807) is 18.2 Å². The Morgan fingerprint density at radius 1 is 1.14 bits per heavy atom. The highest BCUT2D eigenvalue weighted by molar-refractivity contribution is 7.89. The lowest BCUT2D eigenvalue weighted by atomic mass is 9.78. The molecule has 1 amide bonds. The third-order valence-electron chi connectivity index (χ3n) is 3.95. The van der Waals surface area contributed by atoms with Gasteiger partial charge < -0.3 is 9.31 Å². The molecule has 1 fully saturated rings. The minimum Gasteiger partial charge on any atom is -0.399 e. The van der Waals surface area contributed by atoms with Crippen molar-refractivity contribution in [3.8, 4) is 0 Å². The fraction of sp³-hybridized carbons (Fsp3) is 0.500. The molecule has 1 aromatic rings. The summed E-state index contributed by atoms with van der Waals surface area (Å²) in [6.45, 7) is 7.75. The predicted molar refractivity (Wildman–Crippen MR) is 84.5 cm³/mol. The van der Waals surface area contributed by atoms with Gasteiger partial charge in [0.2, 0.25) is 10.0 Å². The van der Waals surface area contributed by atoms with Crippen LogP contribution in [0, 0.1) is 0 Å². The third kappa shape index (κ3) is 3.51. The maximum atomic E-state index is 11.9. The summed E-state index contributed by atoms with van der Waals surface area (Å²) in [6.07, 6.45) is 0.934. The number of hydrogen-bond donors (Lipinski definition) is 1. The second kappa shape index (κ2) is 5.36. The molecule has 1 N–H and O–H groups in total. The Hall–Kier alpha value is -1.38. The van der Waals surface area contributed by atoms with Crippen LogP contribution in [0.25, 0.3) is 0 Å². The summed E-state index contributed by atoms with van der Waals surface area (Å²) < 4.78 is 36.1. The number of benzene rings is 1. The molecule has 0 atom stereocenters. The number of carbonyl (C=O) groups excluding carboxylic acids is 1. The van der Waals surface area contributed by atoms with E-state index < -0.39 is 34.3 Å². The predicted octanol–water partition coefficient (Wildman–Crippen LogP) is 0.675. The maximum absolute atomic E-state index is 11.9. The molecule has 8 heteroatoms. The first-order chi connectivity index (χ1) is 9.91. The quantitative estimate of drug-likeness (QED) is 0.827. The van der Waals surface area contributed by atoms with E-state index in [9.17, 15) is 13.2 Å². The SMILES string of the molecule is CC1(C)OB(c2cccc(C(=O)NS(C)(=O)=O)c2)OC1(C)C. The summed E-state index contributed by atoms with van der Waals surface area (Å²) in [7, 11) is -4.20. The lowest BCUT2D eigenvalue weighted by molar-refractivity contribution is 0.00578. The first-order valence-electron chi connectivity index (χ1n) is 6.89. The van der Waals surface area contributed by atoms with Gasteiger partial charge in [0.15, 0.2) is 0 Å². The minimum atomic E-state index is -3.60. The Balaban J connectivity index is 2.25. The summed E-state index contributed by atoms with van der Waals surface area (Å²) in [5.41, 5.74) is -0.0665. The molecule has 0 spiro atoms. The molecule has 0 radical (unpaired) electrons. The Labute approximate surface area is 131 Å². The number of amides is 1. The molecule has 1 aromatic carbocycles. The van der Waals surface area contributed by atoms with Gasteiger partial charge in [-0.2, -0.15) is 0 Å². The van der Waals surface area contributed by atoms with E-state index in [2.05, 4.69) is 0 Å². The van der Waals surface area contributed by atoms with Crippen molar-refractivity contribution in [3.63, 3.8) is 0 Å². The Morgan fingerprint density at radius 2 is 1.68 bits per heavy atom. The molecule has 1 heterocycles. The molecule has 120 valence electrons. The van der Waals surface area contributed by atoms with Gasteiger partial charge in [-0.1, -0.05) is 12.1 Å².